The van der Waals surface area contributed by atoms with Gasteiger partial charge < -0.3 is 19.7 Å². The number of anilines is 1. The molecule has 1 aromatic carbocycles. The molecule has 1 aromatic rings. The van der Waals surface area contributed by atoms with Crippen molar-refractivity contribution in [2.45, 2.75) is 24.9 Å². The molecule has 0 saturated carbocycles. The molecule has 0 spiro atoms. The Bertz CT molecular complexity index is 688. The number of rotatable bonds is 5. The van der Waals surface area contributed by atoms with E-state index in [1.165, 1.54) is 19.2 Å². The second-order valence-corrected chi connectivity index (χ2v) is 7.54. The van der Waals surface area contributed by atoms with Gasteiger partial charge in [0, 0.05) is 50.8 Å². The molecular weight excluding hydrogens is 373 g/mol. The molecule has 2 heterocycles. The van der Waals surface area contributed by atoms with Gasteiger partial charge in [-0.15, -0.1) is 0 Å². The van der Waals surface area contributed by atoms with E-state index in [9.17, 15) is 18.0 Å². The van der Waals surface area contributed by atoms with Crippen LogP contribution in [-0.2, 0) is 20.4 Å². The van der Waals surface area contributed by atoms with Crippen LogP contribution in [-0.4, -0.2) is 53.0 Å². The number of carbonyl (C=O) groups is 1. The zero-order valence-electron chi connectivity index (χ0n) is 16.2. The molecule has 0 aliphatic carbocycles. The number of esters is 1. The molecule has 8 heteroatoms. The van der Waals surface area contributed by atoms with E-state index in [2.05, 4.69) is 5.32 Å². The van der Waals surface area contributed by atoms with Gasteiger partial charge in [0.2, 0.25) is 0 Å². The number of methoxy groups -OCH3 is 2. The van der Waals surface area contributed by atoms with Crippen LogP contribution in [0.4, 0.5) is 18.9 Å². The summed E-state index contributed by atoms with van der Waals surface area (Å²) >= 11 is 0. The van der Waals surface area contributed by atoms with E-state index in [-0.39, 0.29) is 23.7 Å². The van der Waals surface area contributed by atoms with Crippen molar-refractivity contribution in [3.8, 4) is 0 Å². The number of hydrogen-bond acceptors (Lipinski definition) is 5. The molecule has 3 rings (SSSR count). The second-order valence-electron chi connectivity index (χ2n) is 7.54. The van der Waals surface area contributed by atoms with Crippen LogP contribution < -0.4 is 10.2 Å². The molecule has 0 amide bonds. The lowest BCUT2D eigenvalue weighted by Crippen LogP contribution is -2.37. The van der Waals surface area contributed by atoms with Crippen LogP contribution in [0.2, 0.25) is 0 Å². The fraction of sp³-hybridized carbons (Fsp3) is 0.650. The Morgan fingerprint density at radius 1 is 1.21 bits per heavy atom. The number of hydrogen-bond donors (Lipinski definition) is 1. The first kappa shape index (κ1) is 20.9. The highest BCUT2D eigenvalue weighted by molar-refractivity contribution is 5.73. The highest BCUT2D eigenvalue weighted by Crippen LogP contribution is 2.40. The van der Waals surface area contributed by atoms with Crippen molar-refractivity contribution >= 4 is 11.7 Å². The maximum absolute atomic E-state index is 13.3. The standard InChI is InChI=1S/C20H27F3N2O3/c1-27-12-14-10-24-11-17(14)16-4-3-15(20(21,22)23)9-18(16)25-7-5-13(6-8-25)19(26)28-2/h3-4,9,13-14,17,24H,5-8,10-12H2,1-2H3/t14-,17?/m1/s1. The van der Waals surface area contributed by atoms with Crippen molar-refractivity contribution in [3.63, 3.8) is 0 Å². The summed E-state index contributed by atoms with van der Waals surface area (Å²) in [7, 11) is 3.00. The van der Waals surface area contributed by atoms with Crippen LogP contribution in [0, 0.1) is 11.8 Å². The lowest BCUT2D eigenvalue weighted by Gasteiger charge is -2.35. The third kappa shape index (κ3) is 4.43. The van der Waals surface area contributed by atoms with E-state index in [1.54, 1.807) is 13.2 Å². The highest BCUT2D eigenvalue weighted by Gasteiger charge is 2.36. The normalized spacial score (nSPS) is 23.8. The van der Waals surface area contributed by atoms with Gasteiger partial charge in [0.05, 0.1) is 25.2 Å². The topological polar surface area (TPSA) is 50.8 Å². The van der Waals surface area contributed by atoms with Crippen molar-refractivity contribution in [2.75, 3.05) is 51.9 Å². The van der Waals surface area contributed by atoms with Crippen LogP contribution in [0.5, 0.6) is 0 Å². The van der Waals surface area contributed by atoms with E-state index in [0.717, 1.165) is 12.1 Å². The largest absolute Gasteiger partial charge is 0.469 e. The predicted molar refractivity (Wildman–Crippen MR) is 99.4 cm³/mol. The van der Waals surface area contributed by atoms with Gasteiger partial charge in [-0.05, 0) is 30.5 Å². The Hall–Kier alpha value is -1.80. The molecular formula is C20H27F3N2O3. The Balaban J connectivity index is 1.90. The smallest absolute Gasteiger partial charge is 0.416 e. The van der Waals surface area contributed by atoms with Crippen molar-refractivity contribution in [1.29, 1.82) is 0 Å². The molecule has 28 heavy (non-hydrogen) atoms. The Kier molecular flexibility index (Phi) is 6.50. The number of alkyl halides is 3. The van der Waals surface area contributed by atoms with Crippen LogP contribution in [0.15, 0.2) is 18.2 Å². The molecule has 2 saturated heterocycles. The molecule has 2 aliphatic rings. The van der Waals surface area contributed by atoms with Crippen LogP contribution >= 0.6 is 0 Å². The number of ether oxygens (including phenoxy) is 2. The number of benzene rings is 1. The second kappa shape index (κ2) is 8.69. The minimum atomic E-state index is -4.39. The fourth-order valence-corrected chi connectivity index (χ4v) is 4.32. The maximum atomic E-state index is 13.3. The van der Waals surface area contributed by atoms with Crippen molar-refractivity contribution < 1.29 is 27.4 Å². The van der Waals surface area contributed by atoms with E-state index >= 15 is 0 Å². The number of carbonyl (C=O) groups excluding carboxylic acids is 1. The first-order valence-electron chi connectivity index (χ1n) is 9.58. The molecule has 0 radical (unpaired) electrons. The SMILES string of the molecule is COC[C@H]1CNCC1c1ccc(C(F)(F)F)cc1N1CCC(C(=O)OC)CC1. The summed E-state index contributed by atoms with van der Waals surface area (Å²) < 4.78 is 50.1. The molecule has 0 aromatic heterocycles. The molecule has 2 atom stereocenters. The van der Waals surface area contributed by atoms with Gasteiger partial charge in [0.1, 0.15) is 0 Å². The zero-order valence-corrected chi connectivity index (χ0v) is 16.2. The zero-order chi connectivity index (χ0) is 20.3. The minimum Gasteiger partial charge on any atom is -0.469 e. The number of halogens is 3. The lowest BCUT2D eigenvalue weighted by atomic mass is 9.86. The summed E-state index contributed by atoms with van der Waals surface area (Å²) in [4.78, 5) is 13.8. The maximum Gasteiger partial charge on any atom is 0.416 e. The number of nitrogens with zero attached hydrogens (tertiary/aromatic N) is 1. The van der Waals surface area contributed by atoms with Crippen LogP contribution in [0.3, 0.4) is 0 Å². The summed E-state index contributed by atoms with van der Waals surface area (Å²) in [5, 5.41) is 3.33. The van der Waals surface area contributed by atoms with Crippen LogP contribution in [0.25, 0.3) is 0 Å². The average molecular weight is 400 g/mol. The van der Waals surface area contributed by atoms with Gasteiger partial charge in [-0.25, -0.2) is 0 Å². The van der Waals surface area contributed by atoms with E-state index in [0.29, 0.717) is 44.8 Å². The third-order valence-corrected chi connectivity index (χ3v) is 5.85. The van der Waals surface area contributed by atoms with E-state index < -0.39 is 11.7 Å². The van der Waals surface area contributed by atoms with Crippen molar-refractivity contribution in [2.24, 2.45) is 11.8 Å². The Labute approximate surface area is 163 Å². The number of nitrogens with one attached hydrogen (secondary N) is 1. The Morgan fingerprint density at radius 2 is 1.93 bits per heavy atom. The van der Waals surface area contributed by atoms with E-state index in [1.807, 2.05) is 4.90 Å². The lowest BCUT2D eigenvalue weighted by molar-refractivity contribution is -0.146. The molecule has 2 aliphatic heterocycles. The summed E-state index contributed by atoms with van der Waals surface area (Å²) in [5.74, 6) is -0.127. The van der Waals surface area contributed by atoms with E-state index in [4.69, 9.17) is 9.47 Å². The van der Waals surface area contributed by atoms with Gasteiger partial charge in [-0.3, -0.25) is 4.79 Å². The van der Waals surface area contributed by atoms with Gasteiger partial charge in [0.15, 0.2) is 0 Å². The predicted octanol–water partition coefficient (Wildman–Crippen LogP) is 3.04. The van der Waals surface area contributed by atoms with Gasteiger partial charge in [0.25, 0.3) is 0 Å². The molecule has 2 fully saturated rings. The van der Waals surface area contributed by atoms with Gasteiger partial charge in [-0.1, -0.05) is 6.07 Å². The van der Waals surface area contributed by atoms with Crippen LogP contribution in [0.1, 0.15) is 29.9 Å². The minimum absolute atomic E-state index is 0.0931. The van der Waals surface area contributed by atoms with Crippen molar-refractivity contribution in [3.05, 3.63) is 29.3 Å². The Morgan fingerprint density at radius 3 is 2.54 bits per heavy atom. The molecule has 156 valence electrons. The molecule has 1 unspecified atom stereocenters. The monoisotopic (exact) mass is 400 g/mol. The quantitative estimate of drug-likeness (QED) is 0.770. The summed E-state index contributed by atoms with van der Waals surface area (Å²) in [6.07, 6.45) is -3.24. The molecule has 5 nitrogen and oxygen atoms in total. The van der Waals surface area contributed by atoms with Gasteiger partial charge >= 0.3 is 12.1 Å². The molecule has 0 bridgehead atoms. The highest BCUT2D eigenvalue weighted by atomic mass is 19.4. The molecule has 1 N–H and O–H groups in total. The summed E-state index contributed by atoms with van der Waals surface area (Å²) in [6.45, 7) is 3.11. The summed E-state index contributed by atoms with van der Waals surface area (Å²) in [5.41, 5.74) is 0.889. The van der Waals surface area contributed by atoms with Gasteiger partial charge in [-0.2, -0.15) is 13.2 Å². The first-order chi connectivity index (χ1) is 13.3. The van der Waals surface area contributed by atoms with Crippen molar-refractivity contribution in [1.82, 2.24) is 5.32 Å². The fourth-order valence-electron chi connectivity index (χ4n) is 4.32. The third-order valence-electron chi connectivity index (χ3n) is 5.85. The number of piperidine rings is 1. The average Bonchev–Trinajstić information content (AvgIpc) is 3.14. The first-order valence-corrected chi connectivity index (χ1v) is 9.58. The summed E-state index contributed by atoms with van der Waals surface area (Å²) in [6, 6.07) is 4.04.